The molecule has 1 rings (SSSR count). The summed E-state index contributed by atoms with van der Waals surface area (Å²) in [5, 5.41) is 0. The monoisotopic (exact) mass is 228 g/mol. The second-order valence-electron chi connectivity index (χ2n) is 3.89. The number of alkyl halides is 1. The summed E-state index contributed by atoms with van der Waals surface area (Å²) in [4.78, 5) is 0. The van der Waals surface area contributed by atoms with Gasteiger partial charge in [-0.15, -0.1) is 0 Å². The van der Waals surface area contributed by atoms with Crippen LogP contribution < -0.4 is 0 Å². The van der Waals surface area contributed by atoms with Crippen molar-refractivity contribution in [3.8, 4) is 0 Å². The number of rotatable bonds is 2. The molecule has 1 nitrogen and oxygen atoms in total. The average Bonchev–Trinajstić information content (AvgIpc) is 2.32. The fraction of sp³-hybridized carbons (Fsp3) is 0.571. The van der Waals surface area contributed by atoms with E-state index in [4.69, 9.17) is 4.74 Å². The fourth-order valence-electron chi connectivity index (χ4n) is 0.874. The first kappa shape index (κ1) is 17.5. The molecule has 0 spiro atoms. The number of halogens is 1. The van der Waals surface area contributed by atoms with Gasteiger partial charge in [0.2, 0.25) is 0 Å². The first-order valence-corrected chi connectivity index (χ1v) is 5.64. The molecule has 94 valence electrons. The highest BCUT2D eigenvalue weighted by molar-refractivity contribution is 5.13. The second-order valence-corrected chi connectivity index (χ2v) is 3.89. The van der Waals surface area contributed by atoms with Crippen LogP contribution in [0.15, 0.2) is 30.3 Å². The van der Waals surface area contributed by atoms with Crippen LogP contribution in [0.2, 0.25) is 0 Å². The van der Waals surface area contributed by atoms with Crippen molar-refractivity contribution in [3.63, 3.8) is 0 Å². The van der Waals surface area contributed by atoms with E-state index in [1.165, 1.54) is 5.56 Å². The third-order valence-electron chi connectivity index (χ3n) is 1.51. The van der Waals surface area contributed by atoms with Crippen LogP contribution in [0.4, 0.5) is 4.39 Å². The Morgan fingerprint density at radius 3 is 1.81 bits per heavy atom. The molecule has 0 fully saturated rings. The highest BCUT2D eigenvalue weighted by atomic mass is 19.1. The van der Waals surface area contributed by atoms with E-state index in [1.807, 2.05) is 32.0 Å². The average molecular weight is 228 g/mol. The first-order valence-electron chi connectivity index (χ1n) is 5.64. The Morgan fingerprint density at radius 1 is 1.00 bits per heavy atom. The zero-order valence-electron chi connectivity index (χ0n) is 11.4. The Bertz CT molecular complexity index is 226. The van der Waals surface area contributed by atoms with Crippen LogP contribution in [-0.2, 0) is 11.3 Å². The van der Waals surface area contributed by atoms with Crippen molar-refractivity contribution in [1.29, 1.82) is 0 Å². The lowest BCUT2D eigenvalue weighted by atomic mass is 10.2. The van der Waals surface area contributed by atoms with Gasteiger partial charge in [0.25, 0.3) is 0 Å². The van der Waals surface area contributed by atoms with Gasteiger partial charge in [-0.3, -0.25) is 4.39 Å². The molecule has 1 aromatic rings. The van der Waals surface area contributed by atoms with E-state index in [0.29, 0.717) is 13.8 Å². The van der Waals surface area contributed by atoms with Gasteiger partial charge >= 0.3 is 0 Å². The molecular formula is C14H25FO. The minimum Gasteiger partial charge on any atom is -0.371 e. The minimum atomic E-state index is -0.0458. The molecular weight excluding hydrogens is 203 g/mol. The molecule has 0 saturated carbocycles. The number of benzene rings is 1. The molecule has 0 radical (unpaired) electrons. The van der Waals surface area contributed by atoms with Crippen molar-refractivity contribution in [1.82, 2.24) is 0 Å². The molecule has 0 atom stereocenters. The summed E-state index contributed by atoms with van der Waals surface area (Å²) in [6, 6.07) is 10.2. The predicted octanol–water partition coefficient (Wildman–Crippen LogP) is 4.61. The molecule has 0 aliphatic carbocycles. The van der Waals surface area contributed by atoms with E-state index >= 15 is 0 Å². The predicted molar refractivity (Wildman–Crippen MR) is 69.4 cm³/mol. The molecule has 0 amide bonds. The van der Waals surface area contributed by atoms with Gasteiger partial charge in [-0.2, -0.15) is 0 Å². The van der Waals surface area contributed by atoms with Crippen molar-refractivity contribution in [2.45, 2.75) is 46.8 Å². The molecule has 0 aliphatic rings. The van der Waals surface area contributed by atoms with Gasteiger partial charge in [0.05, 0.1) is 19.4 Å². The van der Waals surface area contributed by atoms with E-state index in [-0.39, 0.29) is 5.60 Å². The van der Waals surface area contributed by atoms with Crippen LogP contribution in [0, 0.1) is 0 Å². The zero-order chi connectivity index (χ0) is 13.0. The topological polar surface area (TPSA) is 9.23 Å². The van der Waals surface area contributed by atoms with Gasteiger partial charge in [-0.05, 0) is 26.3 Å². The molecule has 16 heavy (non-hydrogen) atoms. The lowest BCUT2D eigenvalue weighted by Crippen LogP contribution is -2.18. The lowest BCUT2D eigenvalue weighted by molar-refractivity contribution is -0.0149. The molecule has 0 aromatic heterocycles. The van der Waals surface area contributed by atoms with Crippen molar-refractivity contribution >= 4 is 0 Å². The summed E-state index contributed by atoms with van der Waals surface area (Å²) in [5.74, 6) is 0. The molecule has 0 aliphatic heterocycles. The van der Waals surface area contributed by atoms with Gasteiger partial charge in [-0.25, -0.2) is 0 Å². The summed E-state index contributed by atoms with van der Waals surface area (Å²) in [7, 11) is 0.500. The van der Waals surface area contributed by atoms with Gasteiger partial charge < -0.3 is 4.74 Å². The van der Waals surface area contributed by atoms with Crippen LogP contribution >= 0.6 is 0 Å². The summed E-state index contributed by atoms with van der Waals surface area (Å²) in [6.07, 6.45) is 0. The Morgan fingerprint density at radius 2 is 1.44 bits per heavy atom. The maximum absolute atomic E-state index is 9.50. The molecule has 0 unspecified atom stereocenters. The van der Waals surface area contributed by atoms with Crippen LogP contribution in [-0.4, -0.2) is 12.8 Å². The third-order valence-corrected chi connectivity index (χ3v) is 1.51. The van der Waals surface area contributed by atoms with Gasteiger partial charge in [0.15, 0.2) is 0 Å². The molecule has 0 bridgehead atoms. The zero-order valence-corrected chi connectivity index (χ0v) is 11.4. The van der Waals surface area contributed by atoms with Crippen LogP contribution in [0.3, 0.4) is 0 Å². The Balaban J connectivity index is 0. The second kappa shape index (κ2) is 10.6. The maximum atomic E-state index is 9.50. The minimum absolute atomic E-state index is 0.0458. The lowest BCUT2D eigenvalue weighted by Gasteiger charge is -2.19. The highest BCUT2D eigenvalue weighted by Crippen LogP contribution is 2.10. The van der Waals surface area contributed by atoms with Crippen molar-refractivity contribution in [2.24, 2.45) is 0 Å². The van der Waals surface area contributed by atoms with Crippen molar-refractivity contribution in [3.05, 3.63) is 35.9 Å². The molecule has 1 aromatic carbocycles. The van der Waals surface area contributed by atoms with Crippen molar-refractivity contribution < 1.29 is 9.13 Å². The summed E-state index contributed by atoms with van der Waals surface area (Å²) in [6.45, 7) is 10.9. The van der Waals surface area contributed by atoms with Crippen LogP contribution in [0.25, 0.3) is 0 Å². The Kier molecular flexibility index (Phi) is 11.6. The van der Waals surface area contributed by atoms with Gasteiger partial charge in [-0.1, -0.05) is 44.2 Å². The summed E-state index contributed by atoms with van der Waals surface area (Å²) < 4.78 is 15.1. The van der Waals surface area contributed by atoms with E-state index in [1.54, 1.807) is 0 Å². The Hall–Kier alpha value is -0.890. The molecule has 0 saturated heterocycles. The Labute approximate surface area is 99.6 Å². The molecule has 2 heteroatoms. The van der Waals surface area contributed by atoms with E-state index < -0.39 is 0 Å². The number of hydrogen-bond acceptors (Lipinski definition) is 1. The SMILES string of the molecule is CC.CC(C)(C)OCc1ccccc1.CF. The number of hydrogen-bond donors (Lipinski definition) is 0. The maximum Gasteiger partial charge on any atom is 0.0785 e. The van der Waals surface area contributed by atoms with E-state index in [0.717, 1.165) is 0 Å². The summed E-state index contributed by atoms with van der Waals surface area (Å²) >= 11 is 0. The van der Waals surface area contributed by atoms with E-state index in [9.17, 15) is 4.39 Å². The highest BCUT2D eigenvalue weighted by Gasteiger charge is 2.09. The van der Waals surface area contributed by atoms with E-state index in [2.05, 4.69) is 32.9 Å². The molecule has 0 N–H and O–H groups in total. The van der Waals surface area contributed by atoms with Crippen LogP contribution in [0.1, 0.15) is 40.2 Å². The molecule has 0 heterocycles. The largest absolute Gasteiger partial charge is 0.371 e. The van der Waals surface area contributed by atoms with Gasteiger partial charge in [0.1, 0.15) is 0 Å². The first-order chi connectivity index (χ1) is 7.58. The van der Waals surface area contributed by atoms with Gasteiger partial charge in [0, 0.05) is 0 Å². The van der Waals surface area contributed by atoms with Crippen molar-refractivity contribution in [2.75, 3.05) is 7.18 Å². The quantitative estimate of drug-likeness (QED) is 0.718. The van der Waals surface area contributed by atoms with Crippen LogP contribution in [0.5, 0.6) is 0 Å². The standard InChI is InChI=1S/C11H16O.C2H6.CH3F/c1-11(2,3)12-9-10-7-5-4-6-8-10;2*1-2/h4-8H,9H2,1-3H3;1-2H3;1H3. The summed E-state index contributed by atoms with van der Waals surface area (Å²) in [5.41, 5.74) is 1.18. The smallest absolute Gasteiger partial charge is 0.0785 e. The third kappa shape index (κ3) is 11.2. The normalized spacial score (nSPS) is 9.44. The number of ether oxygens (including phenoxy) is 1. The fourth-order valence-corrected chi connectivity index (χ4v) is 0.874.